The number of aryl methyl sites for hydroxylation is 1. The first-order chi connectivity index (χ1) is 15.7. The zero-order chi connectivity index (χ0) is 22.3. The number of anilines is 1. The standard InChI is InChI=1S/C23H33N7O2/c1-2-3-8-19-28-20-21(17-6-4-5-7-18(17)27-22(20)24)30(19)14-16-32-15-11-26-23(31)29-12-9-25-10-13-29/h4-7,25H,2-3,8-16H2,1H3,(H2,24,27)(H,26,31). The monoisotopic (exact) mass is 439 g/mol. The van der Waals surface area contributed by atoms with E-state index in [4.69, 9.17) is 15.5 Å². The fourth-order valence-corrected chi connectivity index (χ4v) is 4.14. The number of hydrogen-bond acceptors (Lipinski definition) is 6. The number of rotatable bonds is 9. The number of pyridine rings is 1. The molecule has 3 heterocycles. The minimum atomic E-state index is -0.0213. The van der Waals surface area contributed by atoms with Crippen LogP contribution in [0.1, 0.15) is 25.6 Å². The van der Waals surface area contributed by atoms with Crippen molar-refractivity contribution in [2.75, 3.05) is 51.7 Å². The number of amides is 2. The maximum Gasteiger partial charge on any atom is 0.317 e. The number of imidazole rings is 1. The molecular weight excluding hydrogens is 406 g/mol. The molecule has 1 aromatic carbocycles. The van der Waals surface area contributed by atoms with Crippen molar-refractivity contribution in [2.24, 2.45) is 0 Å². The summed E-state index contributed by atoms with van der Waals surface area (Å²) in [4.78, 5) is 23.4. The number of urea groups is 1. The number of carbonyl (C=O) groups excluding carboxylic acids is 1. The second kappa shape index (κ2) is 10.6. The fourth-order valence-electron chi connectivity index (χ4n) is 4.14. The van der Waals surface area contributed by atoms with Crippen LogP contribution in [0.25, 0.3) is 21.9 Å². The Kier molecular flexibility index (Phi) is 7.39. The zero-order valence-electron chi connectivity index (χ0n) is 18.8. The summed E-state index contributed by atoms with van der Waals surface area (Å²) >= 11 is 0. The van der Waals surface area contributed by atoms with E-state index in [2.05, 4.69) is 33.2 Å². The molecule has 0 aliphatic carbocycles. The van der Waals surface area contributed by atoms with Gasteiger partial charge in [-0.1, -0.05) is 31.5 Å². The summed E-state index contributed by atoms with van der Waals surface area (Å²) < 4.78 is 8.08. The Hall–Kier alpha value is -2.91. The molecular formula is C23H33N7O2. The molecule has 0 radical (unpaired) electrons. The van der Waals surface area contributed by atoms with Crippen molar-refractivity contribution < 1.29 is 9.53 Å². The number of unbranched alkanes of at least 4 members (excludes halogenated alkanes) is 1. The molecule has 2 amide bonds. The Labute approximate surface area is 188 Å². The predicted molar refractivity (Wildman–Crippen MR) is 127 cm³/mol. The van der Waals surface area contributed by atoms with Crippen molar-refractivity contribution in [3.63, 3.8) is 0 Å². The Bertz CT molecular complexity index is 1060. The molecule has 0 unspecified atom stereocenters. The SMILES string of the molecule is CCCCc1nc2c(N)nc3ccccc3c2n1CCOCCNC(=O)N1CCNCC1. The van der Waals surface area contributed by atoms with E-state index in [1.54, 1.807) is 0 Å². The van der Waals surface area contributed by atoms with Crippen LogP contribution >= 0.6 is 0 Å². The second-order valence-corrected chi connectivity index (χ2v) is 8.08. The van der Waals surface area contributed by atoms with Crippen LogP contribution in [-0.4, -0.2) is 71.4 Å². The lowest BCUT2D eigenvalue weighted by molar-refractivity contribution is 0.126. The van der Waals surface area contributed by atoms with Gasteiger partial charge in [-0.3, -0.25) is 0 Å². The third kappa shape index (κ3) is 4.94. The molecule has 1 aliphatic heterocycles. The molecule has 1 saturated heterocycles. The highest BCUT2D eigenvalue weighted by molar-refractivity contribution is 6.06. The van der Waals surface area contributed by atoms with Crippen LogP contribution in [0.15, 0.2) is 24.3 Å². The maximum absolute atomic E-state index is 12.2. The lowest BCUT2D eigenvalue weighted by atomic mass is 10.2. The molecule has 4 N–H and O–H groups in total. The number of benzene rings is 1. The number of nitrogens with zero attached hydrogens (tertiary/aromatic N) is 4. The van der Waals surface area contributed by atoms with Crippen LogP contribution in [0.3, 0.4) is 0 Å². The summed E-state index contributed by atoms with van der Waals surface area (Å²) in [6.07, 6.45) is 3.05. The van der Waals surface area contributed by atoms with Gasteiger partial charge in [-0.05, 0) is 12.5 Å². The summed E-state index contributed by atoms with van der Waals surface area (Å²) in [6.45, 7) is 7.53. The van der Waals surface area contributed by atoms with E-state index in [0.29, 0.717) is 32.1 Å². The van der Waals surface area contributed by atoms with E-state index >= 15 is 0 Å². The van der Waals surface area contributed by atoms with Crippen molar-refractivity contribution in [3.05, 3.63) is 30.1 Å². The first-order valence-corrected chi connectivity index (χ1v) is 11.5. The number of nitrogens with one attached hydrogen (secondary N) is 2. The second-order valence-electron chi connectivity index (χ2n) is 8.08. The van der Waals surface area contributed by atoms with E-state index in [-0.39, 0.29) is 6.03 Å². The van der Waals surface area contributed by atoms with Crippen LogP contribution in [0, 0.1) is 0 Å². The van der Waals surface area contributed by atoms with Crippen molar-refractivity contribution in [1.82, 2.24) is 30.1 Å². The number of fused-ring (bicyclic) bond motifs is 3. The van der Waals surface area contributed by atoms with Crippen LogP contribution in [0.5, 0.6) is 0 Å². The smallest absolute Gasteiger partial charge is 0.317 e. The Morgan fingerprint density at radius 3 is 2.84 bits per heavy atom. The Balaban J connectivity index is 1.40. The summed E-state index contributed by atoms with van der Waals surface area (Å²) in [5.74, 6) is 1.48. The molecule has 9 heteroatoms. The number of carbonyl (C=O) groups is 1. The summed E-state index contributed by atoms with van der Waals surface area (Å²) in [5, 5.41) is 7.23. The molecule has 0 bridgehead atoms. The van der Waals surface area contributed by atoms with Gasteiger partial charge in [0.25, 0.3) is 0 Å². The highest BCUT2D eigenvalue weighted by Gasteiger charge is 2.17. The zero-order valence-corrected chi connectivity index (χ0v) is 18.8. The summed E-state index contributed by atoms with van der Waals surface area (Å²) in [7, 11) is 0. The van der Waals surface area contributed by atoms with Gasteiger partial charge in [0.15, 0.2) is 5.82 Å². The number of nitrogen functional groups attached to an aromatic ring is 1. The van der Waals surface area contributed by atoms with Crippen LogP contribution in [-0.2, 0) is 17.7 Å². The third-order valence-corrected chi connectivity index (χ3v) is 5.83. The van der Waals surface area contributed by atoms with E-state index in [1.165, 1.54) is 0 Å². The molecule has 4 rings (SSSR count). The van der Waals surface area contributed by atoms with E-state index in [0.717, 1.165) is 73.2 Å². The van der Waals surface area contributed by atoms with Gasteiger partial charge < -0.3 is 30.6 Å². The average molecular weight is 440 g/mol. The van der Waals surface area contributed by atoms with Gasteiger partial charge in [-0.25, -0.2) is 14.8 Å². The molecule has 1 aliphatic rings. The molecule has 0 spiro atoms. The molecule has 2 aromatic heterocycles. The average Bonchev–Trinajstić information content (AvgIpc) is 3.19. The number of para-hydroxylation sites is 1. The normalized spacial score (nSPS) is 14.3. The van der Waals surface area contributed by atoms with Gasteiger partial charge in [0.2, 0.25) is 0 Å². The van der Waals surface area contributed by atoms with Gasteiger partial charge in [-0.15, -0.1) is 0 Å². The summed E-state index contributed by atoms with van der Waals surface area (Å²) in [5.41, 5.74) is 8.91. The summed E-state index contributed by atoms with van der Waals surface area (Å²) in [6, 6.07) is 8.01. The molecule has 32 heavy (non-hydrogen) atoms. The highest BCUT2D eigenvalue weighted by atomic mass is 16.5. The number of piperazine rings is 1. The van der Waals surface area contributed by atoms with Gasteiger partial charge in [-0.2, -0.15) is 0 Å². The molecule has 0 atom stereocenters. The molecule has 3 aromatic rings. The minimum absolute atomic E-state index is 0.0213. The number of hydrogen-bond donors (Lipinski definition) is 3. The lowest BCUT2D eigenvalue weighted by Crippen LogP contribution is -2.50. The van der Waals surface area contributed by atoms with Crippen LogP contribution in [0.4, 0.5) is 10.6 Å². The maximum atomic E-state index is 12.2. The number of aromatic nitrogens is 3. The molecule has 0 saturated carbocycles. The Morgan fingerprint density at radius 1 is 1.22 bits per heavy atom. The van der Waals surface area contributed by atoms with Crippen LogP contribution < -0.4 is 16.4 Å². The number of ether oxygens (including phenoxy) is 1. The lowest BCUT2D eigenvalue weighted by Gasteiger charge is -2.27. The van der Waals surface area contributed by atoms with Crippen molar-refractivity contribution in [3.8, 4) is 0 Å². The fraction of sp³-hybridized carbons (Fsp3) is 0.522. The van der Waals surface area contributed by atoms with E-state index in [1.807, 2.05) is 23.1 Å². The van der Waals surface area contributed by atoms with Crippen molar-refractivity contribution in [2.45, 2.75) is 32.7 Å². The topological polar surface area (TPSA) is 110 Å². The van der Waals surface area contributed by atoms with E-state index in [9.17, 15) is 4.79 Å². The largest absolute Gasteiger partial charge is 0.382 e. The quantitative estimate of drug-likeness (QED) is 0.441. The highest BCUT2D eigenvalue weighted by Crippen LogP contribution is 2.29. The van der Waals surface area contributed by atoms with Crippen molar-refractivity contribution >= 4 is 33.8 Å². The van der Waals surface area contributed by atoms with E-state index < -0.39 is 0 Å². The van der Waals surface area contributed by atoms with Gasteiger partial charge in [0, 0.05) is 51.1 Å². The molecule has 172 valence electrons. The third-order valence-electron chi connectivity index (χ3n) is 5.83. The van der Waals surface area contributed by atoms with Gasteiger partial charge in [0.05, 0.1) is 24.2 Å². The predicted octanol–water partition coefficient (Wildman–Crippen LogP) is 2.14. The van der Waals surface area contributed by atoms with Gasteiger partial charge in [0.1, 0.15) is 11.3 Å². The number of nitrogens with two attached hydrogens (primary N) is 1. The minimum Gasteiger partial charge on any atom is -0.382 e. The first kappa shape index (κ1) is 22.3. The first-order valence-electron chi connectivity index (χ1n) is 11.5. The molecule has 1 fully saturated rings. The van der Waals surface area contributed by atoms with Gasteiger partial charge >= 0.3 is 6.03 Å². The Morgan fingerprint density at radius 2 is 2.03 bits per heavy atom. The molecule has 9 nitrogen and oxygen atoms in total. The van der Waals surface area contributed by atoms with Crippen LogP contribution in [0.2, 0.25) is 0 Å². The van der Waals surface area contributed by atoms with Crippen molar-refractivity contribution in [1.29, 1.82) is 0 Å².